The Hall–Kier alpha value is -1.69. The lowest BCUT2D eigenvalue weighted by molar-refractivity contribution is 0.0995. The molecule has 6 nitrogen and oxygen atoms in total. The molecule has 1 amide bonds. The quantitative estimate of drug-likeness (QED) is 0.609. The second kappa shape index (κ2) is 3.22. The number of hydrogen-bond acceptors (Lipinski definition) is 5. The molecular formula is C8H11N5O. The van der Waals surface area contributed by atoms with Crippen molar-refractivity contribution in [1.29, 1.82) is 0 Å². The van der Waals surface area contributed by atoms with Crippen LogP contribution in [0.5, 0.6) is 0 Å². The number of nitrogens with two attached hydrogens (primary N) is 2. The minimum Gasteiger partial charge on any atom is -0.364 e. The maximum absolute atomic E-state index is 11.0. The van der Waals surface area contributed by atoms with Gasteiger partial charge in [-0.15, -0.1) is 0 Å². The normalized spacial score (nSPS) is 16.5. The van der Waals surface area contributed by atoms with Gasteiger partial charge >= 0.3 is 0 Å². The van der Waals surface area contributed by atoms with Crippen molar-refractivity contribution >= 4 is 11.7 Å². The molecule has 1 fully saturated rings. The SMILES string of the molecule is NC(=O)c1nccnc1N1CC(N)C1. The standard InChI is InChI=1S/C8H11N5O/c9-5-3-13(4-5)8-6(7(10)14)11-1-2-12-8/h1-2,5H,3-4,9H2,(H2,10,14). The van der Waals surface area contributed by atoms with Crippen molar-refractivity contribution in [1.82, 2.24) is 9.97 Å². The highest BCUT2D eigenvalue weighted by atomic mass is 16.1. The van der Waals surface area contributed by atoms with Gasteiger partial charge in [-0.1, -0.05) is 0 Å². The van der Waals surface area contributed by atoms with Crippen LogP contribution < -0.4 is 16.4 Å². The van der Waals surface area contributed by atoms with Gasteiger partial charge in [-0.2, -0.15) is 0 Å². The Bertz CT molecular complexity index is 361. The first-order valence-corrected chi connectivity index (χ1v) is 4.30. The highest BCUT2D eigenvalue weighted by Crippen LogP contribution is 2.19. The maximum atomic E-state index is 11.0. The van der Waals surface area contributed by atoms with E-state index in [0.29, 0.717) is 18.9 Å². The summed E-state index contributed by atoms with van der Waals surface area (Å²) in [6.07, 6.45) is 2.98. The van der Waals surface area contributed by atoms with E-state index in [1.165, 1.54) is 12.4 Å². The summed E-state index contributed by atoms with van der Waals surface area (Å²) in [5.41, 5.74) is 11.0. The van der Waals surface area contributed by atoms with Crippen LogP contribution in [0.1, 0.15) is 10.5 Å². The van der Waals surface area contributed by atoms with Crippen LogP contribution in [0, 0.1) is 0 Å². The smallest absolute Gasteiger partial charge is 0.271 e. The van der Waals surface area contributed by atoms with E-state index in [1.807, 2.05) is 4.90 Å². The van der Waals surface area contributed by atoms with E-state index < -0.39 is 5.91 Å². The number of carbonyl (C=O) groups is 1. The summed E-state index contributed by atoms with van der Waals surface area (Å²) >= 11 is 0. The first kappa shape index (κ1) is 8.89. The molecule has 6 heteroatoms. The van der Waals surface area contributed by atoms with Crippen LogP contribution in [0.25, 0.3) is 0 Å². The number of anilines is 1. The molecule has 1 aromatic heterocycles. The van der Waals surface area contributed by atoms with Crippen molar-refractivity contribution in [2.45, 2.75) is 6.04 Å². The molecule has 2 rings (SSSR count). The first-order valence-electron chi connectivity index (χ1n) is 4.30. The van der Waals surface area contributed by atoms with Crippen LogP contribution in [0.4, 0.5) is 5.82 Å². The number of aromatic nitrogens is 2. The van der Waals surface area contributed by atoms with Crippen molar-refractivity contribution in [3.8, 4) is 0 Å². The van der Waals surface area contributed by atoms with E-state index in [4.69, 9.17) is 11.5 Å². The zero-order valence-electron chi connectivity index (χ0n) is 7.55. The number of nitrogens with zero attached hydrogens (tertiary/aromatic N) is 3. The number of carbonyl (C=O) groups excluding carboxylic acids is 1. The van der Waals surface area contributed by atoms with Gasteiger partial charge in [-0.25, -0.2) is 9.97 Å². The lowest BCUT2D eigenvalue weighted by Gasteiger charge is -2.38. The zero-order chi connectivity index (χ0) is 10.1. The van der Waals surface area contributed by atoms with Crippen LogP contribution in [0.15, 0.2) is 12.4 Å². The van der Waals surface area contributed by atoms with Crippen LogP contribution in [-0.2, 0) is 0 Å². The maximum Gasteiger partial charge on any atom is 0.271 e. The number of amides is 1. The summed E-state index contributed by atoms with van der Waals surface area (Å²) in [5.74, 6) is -0.0322. The number of primary amides is 1. The van der Waals surface area contributed by atoms with E-state index >= 15 is 0 Å². The number of hydrogen-bond donors (Lipinski definition) is 2. The van der Waals surface area contributed by atoms with Gasteiger partial charge in [0.25, 0.3) is 5.91 Å². The van der Waals surface area contributed by atoms with Gasteiger partial charge in [-0.3, -0.25) is 4.79 Å². The Kier molecular flexibility index (Phi) is 2.05. The molecule has 0 bridgehead atoms. The molecule has 0 saturated carbocycles. The molecule has 74 valence electrons. The molecule has 1 aliphatic rings. The third-order valence-corrected chi connectivity index (χ3v) is 2.12. The summed E-state index contributed by atoms with van der Waals surface area (Å²) in [4.78, 5) is 20.8. The zero-order valence-corrected chi connectivity index (χ0v) is 7.55. The Morgan fingerprint density at radius 2 is 2.07 bits per heavy atom. The lowest BCUT2D eigenvalue weighted by atomic mass is 10.1. The average Bonchev–Trinajstić information content (AvgIpc) is 2.13. The van der Waals surface area contributed by atoms with Gasteiger partial charge in [0, 0.05) is 31.5 Å². The van der Waals surface area contributed by atoms with Crippen molar-refractivity contribution < 1.29 is 4.79 Å². The molecule has 4 N–H and O–H groups in total. The minimum atomic E-state index is -0.562. The molecule has 0 atom stereocenters. The average molecular weight is 193 g/mol. The molecule has 14 heavy (non-hydrogen) atoms. The van der Waals surface area contributed by atoms with E-state index in [9.17, 15) is 4.79 Å². The van der Waals surface area contributed by atoms with Crippen molar-refractivity contribution in [2.24, 2.45) is 11.5 Å². The summed E-state index contributed by atoms with van der Waals surface area (Å²) in [5, 5.41) is 0. The van der Waals surface area contributed by atoms with Crippen LogP contribution in [0.2, 0.25) is 0 Å². The Morgan fingerprint density at radius 1 is 1.43 bits per heavy atom. The van der Waals surface area contributed by atoms with E-state index in [2.05, 4.69) is 9.97 Å². The highest BCUT2D eigenvalue weighted by molar-refractivity contribution is 5.95. The monoisotopic (exact) mass is 193 g/mol. The van der Waals surface area contributed by atoms with Gasteiger partial charge in [-0.05, 0) is 0 Å². The fourth-order valence-corrected chi connectivity index (χ4v) is 1.42. The fraction of sp³-hybridized carbons (Fsp3) is 0.375. The fourth-order valence-electron chi connectivity index (χ4n) is 1.42. The molecule has 0 radical (unpaired) electrons. The predicted molar refractivity (Wildman–Crippen MR) is 50.7 cm³/mol. The Labute approximate surface area is 80.9 Å². The predicted octanol–water partition coefficient (Wildman–Crippen LogP) is -1.28. The van der Waals surface area contributed by atoms with E-state index in [0.717, 1.165) is 0 Å². The number of rotatable bonds is 2. The van der Waals surface area contributed by atoms with E-state index in [1.54, 1.807) is 0 Å². The summed E-state index contributed by atoms with van der Waals surface area (Å²) in [7, 11) is 0. The first-order chi connectivity index (χ1) is 6.68. The van der Waals surface area contributed by atoms with Gasteiger partial charge in [0.1, 0.15) is 0 Å². The Morgan fingerprint density at radius 3 is 2.64 bits per heavy atom. The van der Waals surface area contributed by atoms with Gasteiger partial charge < -0.3 is 16.4 Å². The third-order valence-electron chi connectivity index (χ3n) is 2.12. The summed E-state index contributed by atoms with van der Waals surface area (Å²) < 4.78 is 0. The molecule has 0 aliphatic carbocycles. The Balaban J connectivity index is 2.28. The molecular weight excluding hydrogens is 182 g/mol. The largest absolute Gasteiger partial charge is 0.364 e. The second-order valence-corrected chi connectivity index (χ2v) is 3.26. The molecule has 0 spiro atoms. The molecule has 1 aliphatic heterocycles. The van der Waals surface area contributed by atoms with Gasteiger partial charge in [0.15, 0.2) is 11.5 Å². The third kappa shape index (κ3) is 1.39. The summed E-state index contributed by atoms with van der Waals surface area (Å²) in [6, 6.07) is 0.151. The molecule has 0 unspecified atom stereocenters. The van der Waals surface area contributed by atoms with E-state index in [-0.39, 0.29) is 11.7 Å². The molecule has 2 heterocycles. The van der Waals surface area contributed by atoms with Gasteiger partial charge in [0.2, 0.25) is 0 Å². The molecule has 1 aromatic rings. The van der Waals surface area contributed by atoms with Crippen molar-refractivity contribution in [3.63, 3.8) is 0 Å². The molecule has 0 aromatic carbocycles. The van der Waals surface area contributed by atoms with Crippen molar-refractivity contribution in [2.75, 3.05) is 18.0 Å². The minimum absolute atomic E-state index is 0.151. The second-order valence-electron chi connectivity index (χ2n) is 3.26. The van der Waals surface area contributed by atoms with Crippen LogP contribution in [0.3, 0.4) is 0 Å². The topological polar surface area (TPSA) is 98.1 Å². The van der Waals surface area contributed by atoms with Gasteiger partial charge in [0.05, 0.1) is 0 Å². The molecule has 1 saturated heterocycles. The summed E-state index contributed by atoms with van der Waals surface area (Å²) in [6.45, 7) is 1.39. The van der Waals surface area contributed by atoms with Crippen LogP contribution in [-0.4, -0.2) is 35.0 Å². The van der Waals surface area contributed by atoms with Crippen LogP contribution >= 0.6 is 0 Å². The highest BCUT2D eigenvalue weighted by Gasteiger charge is 2.27. The van der Waals surface area contributed by atoms with Crippen molar-refractivity contribution in [3.05, 3.63) is 18.1 Å². The lowest BCUT2D eigenvalue weighted by Crippen LogP contribution is -2.56.